The highest BCUT2D eigenvalue weighted by Crippen LogP contribution is 2.31. The van der Waals surface area contributed by atoms with E-state index in [0.717, 1.165) is 12.1 Å². The van der Waals surface area contributed by atoms with Crippen molar-refractivity contribution in [3.63, 3.8) is 0 Å². The monoisotopic (exact) mass is 278 g/mol. The summed E-state index contributed by atoms with van der Waals surface area (Å²) in [6.45, 7) is 0. The highest BCUT2D eigenvalue weighted by molar-refractivity contribution is 5.72. The van der Waals surface area contributed by atoms with Crippen molar-refractivity contribution in [1.29, 1.82) is 0 Å². The number of imidazole rings is 1. The largest absolute Gasteiger partial charge is 0.416 e. The molecule has 0 amide bonds. The first-order valence-electron chi connectivity index (χ1n) is 5.73. The molecule has 3 heterocycles. The predicted molar refractivity (Wildman–Crippen MR) is 67.8 cm³/mol. The van der Waals surface area contributed by atoms with E-state index in [1.54, 1.807) is 24.4 Å². The molecule has 0 atom stereocenters. The van der Waals surface area contributed by atoms with Gasteiger partial charge in [0.2, 0.25) is 0 Å². The molecule has 3 aromatic rings. The molecule has 3 aromatic heterocycles. The van der Waals surface area contributed by atoms with Crippen LogP contribution in [-0.4, -0.2) is 14.4 Å². The quantitative estimate of drug-likeness (QED) is 0.744. The third-order valence-electron chi connectivity index (χ3n) is 2.90. The first-order chi connectivity index (χ1) is 9.47. The number of anilines is 1. The Morgan fingerprint density at radius 3 is 2.60 bits per heavy atom. The van der Waals surface area contributed by atoms with Gasteiger partial charge in [-0.1, -0.05) is 6.07 Å². The Hall–Kier alpha value is -2.57. The van der Waals surface area contributed by atoms with Crippen LogP contribution in [0.25, 0.3) is 17.0 Å². The highest BCUT2D eigenvalue weighted by atomic mass is 19.4. The summed E-state index contributed by atoms with van der Waals surface area (Å²) in [7, 11) is 0. The van der Waals surface area contributed by atoms with Crippen LogP contribution in [0.4, 0.5) is 19.0 Å². The standard InChI is InChI=1S/C13H9F3N4/c14-13(15,16)8-4-6-20-10(7-8)19-11(12(20)17)9-3-1-2-5-18-9/h1-7H,17H2. The van der Waals surface area contributed by atoms with Crippen molar-refractivity contribution in [3.8, 4) is 11.4 Å². The van der Waals surface area contributed by atoms with Gasteiger partial charge in [-0.25, -0.2) is 4.98 Å². The molecule has 0 unspecified atom stereocenters. The molecule has 20 heavy (non-hydrogen) atoms. The van der Waals surface area contributed by atoms with Gasteiger partial charge in [0.25, 0.3) is 0 Å². The molecule has 0 aromatic carbocycles. The summed E-state index contributed by atoms with van der Waals surface area (Å²) < 4.78 is 39.4. The van der Waals surface area contributed by atoms with Crippen LogP contribution in [-0.2, 0) is 6.18 Å². The van der Waals surface area contributed by atoms with Crippen LogP contribution in [0.1, 0.15) is 5.56 Å². The van der Waals surface area contributed by atoms with E-state index in [9.17, 15) is 13.2 Å². The SMILES string of the molecule is Nc1c(-c2ccccn2)nc2cc(C(F)(F)F)ccn12. The first kappa shape index (κ1) is 12.5. The molecule has 0 bridgehead atoms. The number of nitrogens with zero attached hydrogens (tertiary/aromatic N) is 3. The number of fused-ring (bicyclic) bond motifs is 1. The molecule has 0 saturated heterocycles. The molecule has 0 fully saturated rings. The van der Waals surface area contributed by atoms with Gasteiger partial charge in [0, 0.05) is 12.4 Å². The highest BCUT2D eigenvalue weighted by Gasteiger charge is 2.31. The average Bonchev–Trinajstić information content (AvgIpc) is 2.76. The summed E-state index contributed by atoms with van der Waals surface area (Å²) in [5.41, 5.74) is 6.17. The fraction of sp³-hybridized carbons (Fsp3) is 0.0769. The fourth-order valence-electron chi connectivity index (χ4n) is 1.93. The minimum absolute atomic E-state index is 0.137. The maximum atomic E-state index is 12.7. The van der Waals surface area contributed by atoms with Gasteiger partial charge < -0.3 is 5.73 Å². The lowest BCUT2D eigenvalue weighted by molar-refractivity contribution is -0.137. The van der Waals surface area contributed by atoms with E-state index in [-0.39, 0.29) is 11.5 Å². The van der Waals surface area contributed by atoms with Gasteiger partial charge in [0.1, 0.15) is 17.2 Å². The minimum atomic E-state index is -4.41. The number of nitrogen functional groups attached to an aromatic ring is 1. The molecule has 2 N–H and O–H groups in total. The smallest absolute Gasteiger partial charge is 0.383 e. The second-order valence-electron chi connectivity index (χ2n) is 4.20. The summed E-state index contributed by atoms with van der Waals surface area (Å²) >= 11 is 0. The molecule has 0 aliphatic heterocycles. The molecule has 0 radical (unpaired) electrons. The van der Waals surface area contributed by atoms with Crippen LogP contribution in [0.2, 0.25) is 0 Å². The zero-order valence-electron chi connectivity index (χ0n) is 10.1. The van der Waals surface area contributed by atoms with Crippen molar-refractivity contribution in [2.24, 2.45) is 0 Å². The summed E-state index contributed by atoms with van der Waals surface area (Å²) in [6, 6.07) is 7.11. The molecular weight excluding hydrogens is 269 g/mol. The Morgan fingerprint density at radius 2 is 1.95 bits per heavy atom. The Bertz CT molecular complexity index is 762. The van der Waals surface area contributed by atoms with Crippen LogP contribution < -0.4 is 5.73 Å². The van der Waals surface area contributed by atoms with E-state index < -0.39 is 11.7 Å². The van der Waals surface area contributed by atoms with E-state index in [1.807, 2.05) is 0 Å². The molecule has 0 aliphatic rings. The summed E-state index contributed by atoms with van der Waals surface area (Å²) in [5, 5.41) is 0. The number of nitrogens with two attached hydrogens (primary N) is 1. The van der Waals surface area contributed by atoms with E-state index >= 15 is 0 Å². The number of hydrogen-bond acceptors (Lipinski definition) is 3. The molecule has 0 spiro atoms. The number of pyridine rings is 2. The van der Waals surface area contributed by atoms with Gasteiger partial charge >= 0.3 is 6.18 Å². The van der Waals surface area contributed by atoms with Crippen molar-refractivity contribution < 1.29 is 13.2 Å². The Morgan fingerprint density at radius 1 is 1.15 bits per heavy atom. The van der Waals surface area contributed by atoms with Gasteiger partial charge in [-0.05, 0) is 24.3 Å². The van der Waals surface area contributed by atoms with Crippen LogP contribution in [0, 0.1) is 0 Å². The van der Waals surface area contributed by atoms with Crippen molar-refractivity contribution >= 4 is 11.5 Å². The van der Waals surface area contributed by atoms with Crippen LogP contribution >= 0.6 is 0 Å². The van der Waals surface area contributed by atoms with Gasteiger partial charge in [-0.3, -0.25) is 9.38 Å². The molecule has 102 valence electrons. The third kappa shape index (κ3) is 1.97. The zero-order valence-corrected chi connectivity index (χ0v) is 10.1. The number of alkyl halides is 3. The zero-order chi connectivity index (χ0) is 14.3. The second-order valence-corrected chi connectivity index (χ2v) is 4.20. The van der Waals surface area contributed by atoms with Crippen molar-refractivity contribution in [3.05, 3.63) is 48.3 Å². The summed E-state index contributed by atoms with van der Waals surface area (Å²) in [4.78, 5) is 8.23. The first-order valence-corrected chi connectivity index (χ1v) is 5.73. The average molecular weight is 278 g/mol. The normalized spacial score (nSPS) is 11.9. The Labute approximate surface area is 111 Å². The topological polar surface area (TPSA) is 56.2 Å². The lowest BCUT2D eigenvalue weighted by Crippen LogP contribution is -2.05. The molecule has 7 heteroatoms. The van der Waals surface area contributed by atoms with E-state index in [1.165, 1.54) is 10.6 Å². The van der Waals surface area contributed by atoms with Crippen LogP contribution in [0.15, 0.2) is 42.7 Å². The Balaban J connectivity index is 2.20. The summed E-state index contributed by atoms with van der Waals surface area (Å²) in [5.74, 6) is 0.257. The number of rotatable bonds is 1. The molecule has 0 saturated carbocycles. The van der Waals surface area contributed by atoms with Gasteiger partial charge in [0.15, 0.2) is 0 Å². The number of aromatic nitrogens is 3. The maximum absolute atomic E-state index is 12.7. The lowest BCUT2D eigenvalue weighted by Gasteiger charge is -2.06. The summed E-state index contributed by atoms with van der Waals surface area (Å²) in [6.07, 6.45) is -1.58. The fourth-order valence-corrected chi connectivity index (χ4v) is 1.93. The van der Waals surface area contributed by atoms with Crippen LogP contribution in [0.3, 0.4) is 0 Å². The van der Waals surface area contributed by atoms with E-state index in [0.29, 0.717) is 11.4 Å². The maximum Gasteiger partial charge on any atom is 0.416 e. The third-order valence-corrected chi connectivity index (χ3v) is 2.90. The minimum Gasteiger partial charge on any atom is -0.383 e. The van der Waals surface area contributed by atoms with Crippen molar-refractivity contribution in [1.82, 2.24) is 14.4 Å². The molecule has 0 aliphatic carbocycles. The number of hydrogen-bond donors (Lipinski definition) is 1. The van der Waals surface area contributed by atoms with Gasteiger partial charge in [0.05, 0.1) is 11.3 Å². The van der Waals surface area contributed by atoms with Gasteiger partial charge in [-0.2, -0.15) is 13.2 Å². The second kappa shape index (κ2) is 4.22. The van der Waals surface area contributed by atoms with Crippen molar-refractivity contribution in [2.45, 2.75) is 6.18 Å². The molecule has 4 nitrogen and oxygen atoms in total. The van der Waals surface area contributed by atoms with E-state index in [2.05, 4.69) is 9.97 Å². The Kier molecular flexibility index (Phi) is 2.63. The molecule has 3 rings (SSSR count). The predicted octanol–water partition coefficient (Wildman–Crippen LogP) is 3.00. The van der Waals surface area contributed by atoms with Gasteiger partial charge in [-0.15, -0.1) is 0 Å². The number of halogens is 3. The lowest BCUT2D eigenvalue weighted by atomic mass is 10.2. The van der Waals surface area contributed by atoms with Crippen LogP contribution in [0.5, 0.6) is 0 Å². The molecular formula is C13H9F3N4. The van der Waals surface area contributed by atoms with Crippen molar-refractivity contribution in [2.75, 3.05) is 5.73 Å². The van der Waals surface area contributed by atoms with E-state index in [4.69, 9.17) is 5.73 Å².